The summed E-state index contributed by atoms with van der Waals surface area (Å²) in [7, 11) is 0. The number of aromatic nitrogens is 2. The van der Waals surface area contributed by atoms with Gasteiger partial charge in [0.15, 0.2) is 5.82 Å². The standard InChI is InChI=1S/C11H8Br2FN3O/c1-5-2-6(12)7(14)3-8(5)17-10-9(13)11(18)16-4-15-10/h2-4H,1H3,(H2,15,16,17,18). The molecule has 1 heterocycles. The Morgan fingerprint density at radius 2 is 2.11 bits per heavy atom. The number of benzene rings is 1. The molecule has 94 valence electrons. The molecule has 2 N–H and O–H groups in total. The summed E-state index contributed by atoms with van der Waals surface area (Å²) in [4.78, 5) is 17.8. The van der Waals surface area contributed by atoms with E-state index in [-0.39, 0.29) is 15.8 Å². The molecule has 1 aromatic heterocycles. The van der Waals surface area contributed by atoms with Gasteiger partial charge in [-0.25, -0.2) is 9.37 Å². The Morgan fingerprint density at radius 3 is 2.83 bits per heavy atom. The number of H-pyrrole nitrogens is 1. The third-order valence-corrected chi connectivity index (χ3v) is 3.66. The van der Waals surface area contributed by atoms with Gasteiger partial charge in [-0.2, -0.15) is 0 Å². The van der Waals surface area contributed by atoms with Crippen molar-refractivity contribution < 1.29 is 4.39 Å². The lowest BCUT2D eigenvalue weighted by molar-refractivity contribution is 0.621. The SMILES string of the molecule is Cc1cc(Br)c(F)cc1Nc1nc[nH]c(=O)c1Br. The van der Waals surface area contributed by atoms with Crippen molar-refractivity contribution in [2.24, 2.45) is 0 Å². The molecule has 4 nitrogen and oxygen atoms in total. The first kappa shape index (κ1) is 13.2. The summed E-state index contributed by atoms with van der Waals surface area (Å²) >= 11 is 6.23. The van der Waals surface area contributed by atoms with Crippen molar-refractivity contribution in [3.8, 4) is 0 Å². The van der Waals surface area contributed by atoms with E-state index in [9.17, 15) is 9.18 Å². The van der Waals surface area contributed by atoms with Crippen LogP contribution in [0.2, 0.25) is 0 Å². The summed E-state index contributed by atoms with van der Waals surface area (Å²) in [5, 5.41) is 2.91. The minimum absolute atomic E-state index is 0.271. The van der Waals surface area contributed by atoms with Crippen LogP contribution in [0.4, 0.5) is 15.9 Å². The van der Waals surface area contributed by atoms with Gasteiger partial charge in [0.25, 0.3) is 5.56 Å². The monoisotopic (exact) mass is 375 g/mol. The number of halogens is 3. The van der Waals surface area contributed by atoms with E-state index >= 15 is 0 Å². The van der Waals surface area contributed by atoms with Crippen LogP contribution in [0.1, 0.15) is 5.56 Å². The predicted octanol–water partition coefficient (Wildman–Crippen LogP) is 3.49. The van der Waals surface area contributed by atoms with E-state index in [0.29, 0.717) is 16.0 Å². The van der Waals surface area contributed by atoms with Crippen molar-refractivity contribution in [2.45, 2.75) is 6.92 Å². The third kappa shape index (κ3) is 2.62. The van der Waals surface area contributed by atoms with E-state index < -0.39 is 0 Å². The zero-order valence-corrected chi connectivity index (χ0v) is 12.4. The first-order valence-electron chi connectivity index (χ1n) is 4.95. The fourth-order valence-electron chi connectivity index (χ4n) is 1.38. The molecule has 7 heteroatoms. The Hall–Kier alpha value is -1.21. The Bertz CT molecular complexity index is 657. The van der Waals surface area contributed by atoms with E-state index in [0.717, 1.165) is 5.56 Å². The van der Waals surface area contributed by atoms with E-state index in [1.165, 1.54) is 12.4 Å². The second-order valence-corrected chi connectivity index (χ2v) is 5.25. The maximum absolute atomic E-state index is 13.5. The van der Waals surface area contributed by atoms with Gasteiger partial charge < -0.3 is 10.3 Å². The molecule has 18 heavy (non-hydrogen) atoms. The molecule has 0 bridgehead atoms. The molecule has 2 rings (SSSR count). The van der Waals surface area contributed by atoms with Gasteiger partial charge in [-0.1, -0.05) is 0 Å². The van der Waals surface area contributed by atoms with Gasteiger partial charge >= 0.3 is 0 Å². The molecule has 0 radical (unpaired) electrons. The molecule has 0 aliphatic carbocycles. The molecule has 0 aliphatic rings. The maximum Gasteiger partial charge on any atom is 0.267 e. The molecule has 1 aromatic carbocycles. The van der Waals surface area contributed by atoms with Crippen LogP contribution in [0.15, 0.2) is 32.2 Å². The van der Waals surface area contributed by atoms with Crippen LogP contribution in [0, 0.1) is 12.7 Å². The van der Waals surface area contributed by atoms with Gasteiger partial charge in [-0.3, -0.25) is 4.79 Å². The minimum Gasteiger partial charge on any atom is -0.339 e. The minimum atomic E-state index is -0.385. The second-order valence-electron chi connectivity index (χ2n) is 3.60. The lowest BCUT2D eigenvalue weighted by atomic mass is 10.2. The summed E-state index contributed by atoms with van der Waals surface area (Å²) < 4.78 is 14.1. The quantitative estimate of drug-likeness (QED) is 0.843. The van der Waals surface area contributed by atoms with Crippen LogP contribution in [0.3, 0.4) is 0 Å². The maximum atomic E-state index is 13.5. The van der Waals surface area contributed by atoms with Crippen molar-refractivity contribution in [1.29, 1.82) is 0 Å². The lowest BCUT2D eigenvalue weighted by Crippen LogP contribution is -2.10. The number of hydrogen-bond acceptors (Lipinski definition) is 3. The fraction of sp³-hybridized carbons (Fsp3) is 0.0909. The number of nitrogens with one attached hydrogen (secondary N) is 2. The third-order valence-electron chi connectivity index (χ3n) is 2.32. The van der Waals surface area contributed by atoms with Crippen molar-refractivity contribution in [2.75, 3.05) is 5.32 Å². The van der Waals surface area contributed by atoms with Crippen molar-refractivity contribution in [3.63, 3.8) is 0 Å². The lowest BCUT2D eigenvalue weighted by Gasteiger charge is -2.10. The van der Waals surface area contributed by atoms with Crippen molar-refractivity contribution >= 4 is 43.4 Å². The Balaban J connectivity index is 2.43. The highest BCUT2D eigenvalue weighted by atomic mass is 79.9. The number of rotatable bonds is 2. The number of hydrogen-bond donors (Lipinski definition) is 2. The van der Waals surface area contributed by atoms with Crippen molar-refractivity contribution in [3.05, 3.63) is 49.1 Å². The Morgan fingerprint density at radius 1 is 1.39 bits per heavy atom. The van der Waals surface area contributed by atoms with Crippen LogP contribution in [-0.2, 0) is 0 Å². The number of aromatic amines is 1. The summed E-state index contributed by atoms with van der Waals surface area (Å²) in [5.41, 5.74) is 1.08. The van der Waals surface area contributed by atoms with Gasteiger partial charge in [-0.05, 0) is 56.5 Å². The Kier molecular flexibility index (Phi) is 3.82. The number of aryl methyl sites for hydroxylation is 1. The van der Waals surface area contributed by atoms with Gasteiger partial charge in [0.05, 0.1) is 10.8 Å². The molecule has 0 spiro atoms. The van der Waals surface area contributed by atoms with E-state index in [4.69, 9.17) is 0 Å². The van der Waals surface area contributed by atoms with Crippen LogP contribution in [-0.4, -0.2) is 9.97 Å². The topological polar surface area (TPSA) is 57.8 Å². The molecule has 0 aliphatic heterocycles. The van der Waals surface area contributed by atoms with Crippen LogP contribution < -0.4 is 10.9 Å². The summed E-state index contributed by atoms with van der Waals surface area (Å²) in [6, 6.07) is 2.99. The van der Waals surface area contributed by atoms with Crippen LogP contribution in [0.5, 0.6) is 0 Å². The molecule has 0 amide bonds. The molecule has 0 fully saturated rings. The van der Waals surface area contributed by atoms with Crippen LogP contribution in [0.25, 0.3) is 0 Å². The predicted molar refractivity (Wildman–Crippen MR) is 74.7 cm³/mol. The van der Waals surface area contributed by atoms with E-state index in [1.807, 2.05) is 6.92 Å². The largest absolute Gasteiger partial charge is 0.339 e. The van der Waals surface area contributed by atoms with Gasteiger partial charge in [0.2, 0.25) is 0 Å². The van der Waals surface area contributed by atoms with Gasteiger partial charge in [-0.15, -0.1) is 0 Å². The van der Waals surface area contributed by atoms with E-state index in [1.54, 1.807) is 6.07 Å². The molecule has 0 atom stereocenters. The average molecular weight is 377 g/mol. The zero-order valence-electron chi connectivity index (χ0n) is 9.22. The second kappa shape index (κ2) is 5.19. The molecular formula is C11H8Br2FN3O. The first-order valence-corrected chi connectivity index (χ1v) is 6.53. The summed E-state index contributed by atoms with van der Waals surface area (Å²) in [6.45, 7) is 1.83. The molecule has 0 saturated carbocycles. The summed E-state index contributed by atoms with van der Waals surface area (Å²) in [5.74, 6) is -0.0485. The van der Waals surface area contributed by atoms with Gasteiger partial charge in [0.1, 0.15) is 10.3 Å². The smallest absolute Gasteiger partial charge is 0.267 e. The van der Waals surface area contributed by atoms with Crippen molar-refractivity contribution in [1.82, 2.24) is 9.97 Å². The first-order chi connectivity index (χ1) is 8.49. The fourth-order valence-corrected chi connectivity index (χ4v) is 2.15. The highest BCUT2D eigenvalue weighted by Gasteiger charge is 2.09. The highest BCUT2D eigenvalue weighted by Crippen LogP contribution is 2.27. The molecule has 0 saturated heterocycles. The normalized spacial score (nSPS) is 10.4. The number of anilines is 2. The molecule has 0 unspecified atom stereocenters. The average Bonchev–Trinajstić information content (AvgIpc) is 2.32. The van der Waals surface area contributed by atoms with E-state index in [2.05, 4.69) is 47.1 Å². The molecular weight excluding hydrogens is 369 g/mol. The van der Waals surface area contributed by atoms with Crippen LogP contribution >= 0.6 is 31.9 Å². The van der Waals surface area contributed by atoms with Gasteiger partial charge in [0, 0.05) is 5.69 Å². The Labute approximate surface area is 119 Å². The summed E-state index contributed by atoms with van der Waals surface area (Å²) in [6.07, 6.45) is 1.28. The zero-order chi connectivity index (χ0) is 13.3. The highest BCUT2D eigenvalue weighted by molar-refractivity contribution is 9.10. The number of nitrogens with zero attached hydrogens (tertiary/aromatic N) is 1. The molecule has 2 aromatic rings.